The number of primary amides is 1. The van der Waals surface area contributed by atoms with Crippen LogP contribution in [-0.4, -0.2) is 28.2 Å². The molecule has 2 amide bonds. The van der Waals surface area contributed by atoms with E-state index in [0.29, 0.717) is 6.54 Å². The summed E-state index contributed by atoms with van der Waals surface area (Å²) in [5.41, 5.74) is 8.57. The summed E-state index contributed by atoms with van der Waals surface area (Å²) in [5.74, 6) is -0.692. The maximum absolute atomic E-state index is 12.2. The van der Waals surface area contributed by atoms with Crippen LogP contribution in [0.25, 0.3) is 0 Å². The molecule has 2 heterocycles. The van der Waals surface area contributed by atoms with Crippen molar-refractivity contribution in [1.29, 1.82) is 0 Å². The minimum absolute atomic E-state index is 0.122. The maximum Gasteiger partial charge on any atom is 0.267 e. The van der Waals surface area contributed by atoms with E-state index in [9.17, 15) is 9.59 Å². The van der Waals surface area contributed by atoms with Crippen LogP contribution in [0.2, 0.25) is 0 Å². The van der Waals surface area contributed by atoms with Crippen molar-refractivity contribution in [3.63, 3.8) is 0 Å². The number of rotatable bonds is 3. The Morgan fingerprint density at radius 1 is 1.26 bits per heavy atom. The SMILES string of the molecule is C=CC(=O)N1CCc2ccccc2[C@@H]1c1ccc(C(N)=O)nc1. The summed E-state index contributed by atoms with van der Waals surface area (Å²) in [6.07, 6.45) is 3.74. The van der Waals surface area contributed by atoms with E-state index in [4.69, 9.17) is 5.73 Å². The second kappa shape index (κ2) is 6.04. The van der Waals surface area contributed by atoms with Crippen molar-refractivity contribution in [2.45, 2.75) is 12.5 Å². The molecular formula is C18H17N3O2. The molecule has 1 aliphatic heterocycles. The number of fused-ring (bicyclic) bond motifs is 1. The normalized spacial score (nSPS) is 16.5. The lowest BCUT2D eigenvalue weighted by Gasteiger charge is -2.37. The average Bonchev–Trinajstić information content (AvgIpc) is 2.60. The molecule has 0 saturated carbocycles. The fourth-order valence-corrected chi connectivity index (χ4v) is 2.99. The second-order valence-corrected chi connectivity index (χ2v) is 5.43. The first-order valence-electron chi connectivity index (χ1n) is 7.38. The van der Waals surface area contributed by atoms with Crippen LogP contribution >= 0.6 is 0 Å². The highest BCUT2D eigenvalue weighted by Crippen LogP contribution is 2.34. The Bertz CT molecular complexity index is 768. The van der Waals surface area contributed by atoms with Gasteiger partial charge in [0.05, 0.1) is 6.04 Å². The number of hydrogen-bond donors (Lipinski definition) is 1. The Balaban J connectivity index is 2.08. The van der Waals surface area contributed by atoms with Crippen LogP contribution in [0.15, 0.2) is 55.3 Å². The molecule has 23 heavy (non-hydrogen) atoms. The van der Waals surface area contributed by atoms with Gasteiger partial charge >= 0.3 is 0 Å². The molecule has 0 spiro atoms. The van der Waals surface area contributed by atoms with E-state index in [0.717, 1.165) is 17.5 Å². The number of aromatic nitrogens is 1. The predicted molar refractivity (Wildman–Crippen MR) is 86.7 cm³/mol. The molecule has 0 unspecified atom stereocenters. The standard InChI is InChI=1S/C18H17N3O2/c1-2-16(22)21-10-9-12-5-3-4-6-14(12)17(21)13-7-8-15(18(19)23)20-11-13/h2-8,11,17H,1,9-10H2,(H2,19,23)/t17-/m0/s1. The summed E-state index contributed by atoms with van der Waals surface area (Å²) in [4.78, 5) is 29.3. The average molecular weight is 307 g/mol. The minimum atomic E-state index is -0.570. The predicted octanol–water partition coefficient (Wildman–Crippen LogP) is 1.84. The molecule has 1 aliphatic rings. The van der Waals surface area contributed by atoms with Gasteiger partial charge in [0.1, 0.15) is 5.69 Å². The number of hydrogen-bond acceptors (Lipinski definition) is 3. The van der Waals surface area contributed by atoms with Crippen LogP contribution in [0.1, 0.15) is 33.2 Å². The number of nitrogens with zero attached hydrogens (tertiary/aromatic N) is 2. The zero-order chi connectivity index (χ0) is 16.4. The van der Waals surface area contributed by atoms with Gasteiger partial charge in [-0.3, -0.25) is 14.6 Å². The summed E-state index contributed by atoms with van der Waals surface area (Å²) in [5, 5.41) is 0. The van der Waals surface area contributed by atoms with Crippen LogP contribution < -0.4 is 5.73 Å². The first kappa shape index (κ1) is 15.0. The summed E-state index contributed by atoms with van der Waals surface area (Å²) < 4.78 is 0. The van der Waals surface area contributed by atoms with Gasteiger partial charge in [-0.25, -0.2) is 0 Å². The lowest BCUT2D eigenvalue weighted by molar-refractivity contribution is -0.128. The van der Waals surface area contributed by atoms with Crippen molar-refractivity contribution in [2.24, 2.45) is 5.73 Å². The molecule has 2 N–H and O–H groups in total. The summed E-state index contributed by atoms with van der Waals surface area (Å²) in [6, 6.07) is 11.2. The van der Waals surface area contributed by atoms with Gasteiger partial charge in [-0.2, -0.15) is 0 Å². The molecule has 1 aromatic carbocycles. The fraction of sp³-hybridized carbons (Fsp3) is 0.167. The van der Waals surface area contributed by atoms with Crippen LogP contribution in [0.3, 0.4) is 0 Å². The van der Waals surface area contributed by atoms with E-state index >= 15 is 0 Å². The third-order valence-corrected chi connectivity index (χ3v) is 4.10. The Kier molecular flexibility index (Phi) is 3.93. The zero-order valence-corrected chi connectivity index (χ0v) is 12.6. The van der Waals surface area contributed by atoms with Gasteiger partial charge in [0.25, 0.3) is 5.91 Å². The number of pyridine rings is 1. The van der Waals surface area contributed by atoms with E-state index < -0.39 is 5.91 Å². The highest BCUT2D eigenvalue weighted by molar-refractivity contribution is 5.90. The highest BCUT2D eigenvalue weighted by Gasteiger charge is 2.31. The third-order valence-electron chi connectivity index (χ3n) is 4.10. The number of nitrogens with two attached hydrogens (primary N) is 1. The number of carbonyl (C=O) groups is 2. The topological polar surface area (TPSA) is 76.3 Å². The quantitative estimate of drug-likeness (QED) is 0.879. The molecule has 0 radical (unpaired) electrons. The molecule has 3 rings (SSSR count). The molecule has 0 aliphatic carbocycles. The molecule has 1 atom stereocenters. The lowest BCUT2D eigenvalue weighted by Crippen LogP contribution is -2.39. The monoisotopic (exact) mass is 307 g/mol. The highest BCUT2D eigenvalue weighted by atomic mass is 16.2. The molecule has 0 bridgehead atoms. The first-order chi connectivity index (χ1) is 11.1. The Labute approximate surface area is 134 Å². The molecule has 5 heteroatoms. The fourth-order valence-electron chi connectivity index (χ4n) is 2.99. The maximum atomic E-state index is 12.2. The van der Waals surface area contributed by atoms with Crippen molar-refractivity contribution >= 4 is 11.8 Å². The van der Waals surface area contributed by atoms with E-state index in [2.05, 4.69) is 17.6 Å². The first-order valence-corrected chi connectivity index (χ1v) is 7.38. The molecule has 0 saturated heterocycles. The van der Waals surface area contributed by atoms with Crippen molar-refractivity contribution in [2.75, 3.05) is 6.54 Å². The minimum Gasteiger partial charge on any atom is -0.364 e. The Hall–Kier alpha value is -2.95. The van der Waals surface area contributed by atoms with E-state index in [1.165, 1.54) is 11.6 Å². The summed E-state index contributed by atoms with van der Waals surface area (Å²) >= 11 is 0. The van der Waals surface area contributed by atoms with Gasteiger partial charge in [-0.15, -0.1) is 0 Å². The Morgan fingerprint density at radius 3 is 2.70 bits per heavy atom. The van der Waals surface area contributed by atoms with Crippen LogP contribution in [0, 0.1) is 0 Å². The molecule has 5 nitrogen and oxygen atoms in total. The van der Waals surface area contributed by atoms with Crippen LogP contribution in [0.5, 0.6) is 0 Å². The Morgan fingerprint density at radius 2 is 2.04 bits per heavy atom. The number of benzene rings is 1. The van der Waals surface area contributed by atoms with Gasteiger partial charge in [-0.05, 0) is 35.3 Å². The summed E-state index contributed by atoms with van der Waals surface area (Å²) in [6.45, 7) is 4.20. The number of amides is 2. The van der Waals surface area contributed by atoms with Crippen molar-refractivity contribution in [3.05, 3.63) is 77.6 Å². The zero-order valence-electron chi connectivity index (χ0n) is 12.6. The molecule has 1 aromatic heterocycles. The van der Waals surface area contributed by atoms with Crippen LogP contribution in [-0.2, 0) is 11.2 Å². The number of carbonyl (C=O) groups excluding carboxylic acids is 2. The third kappa shape index (κ3) is 2.73. The largest absolute Gasteiger partial charge is 0.364 e. The van der Waals surface area contributed by atoms with Gasteiger partial charge in [0.15, 0.2) is 0 Å². The van der Waals surface area contributed by atoms with Crippen molar-refractivity contribution in [3.8, 4) is 0 Å². The molecule has 0 fully saturated rings. The van der Waals surface area contributed by atoms with Gasteiger partial charge in [-0.1, -0.05) is 36.9 Å². The van der Waals surface area contributed by atoms with Crippen molar-refractivity contribution in [1.82, 2.24) is 9.88 Å². The van der Waals surface area contributed by atoms with Gasteiger partial charge < -0.3 is 10.6 Å². The van der Waals surface area contributed by atoms with Crippen LogP contribution in [0.4, 0.5) is 0 Å². The summed E-state index contributed by atoms with van der Waals surface area (Å²) in [7, 11) is 0. The van der Waals surface area contributed by atoms with E-state index in [-0.39, 0.29) is 17.6 Å². The lowest BCUT2D eigenvalue weighted by atomic mass is 9.88. The van der Waals surface area contributed by atoms with E-state index in [1.807, 2.05) is 18.2 Å². The molecular weight excluding hydrogens is 290 g/mol. The van der Waals surface area contributed by atoms with Gasteiger partial charge in [0.2, 0.25) is 5.91 Å². The second-order valence-electron chi connectivity index (χ2n) is 5.43. The van der Waals surface area contributed by atoms with Crippen molar-refractivity contribution < 1.29 is 9.59 Å². The van der Waals surface area contributed by atoms with E-state index in [1.54, 1.807) is 23.2 Å². The van der Waals surface area contributed by atoms with Gasteiger partial charge in [0, 0.05) is 12.7 Å². The molecule has 2 aromatic rings. The molecule has 116 valence electrons. The smallest absolute Gasteiger partial charge is 0.267 e.